The maximum Gasteiger partial charge on any atom is 0.338 e. The largest absolute Gasteiger partial charge is 0.338 e. The molecule has 0 saturated carbocycles. The van der Waals surface area contributed by atoms with Gasteiger partial charge in [0.15, 0.2) is 0 Å². The van der Waals surface area contributed by atoms with Crippen molar-refractivity contribution in [3.63, 3.8) is 0 Å². The maximum absolute atomic E-state index is 14.2. The molecular weight excluding hydrogens is 609 g/mol. The van der Waals surface area contributed by atoms with Gasteiger partial charge in [-0.2, -0.15) is 0 Å². The van der Waals surface area contributed by atoms with E-state index in [1.165, 1.54) is 43.4 Å². The lowest BCUT2D eigenvalue weighted by Gasteiger charge is -2.14. The molecule has 0 bridgehead atoms. The molecule has 0 amide bonds. The molecular formula is C47H30N2O. The summed E-state index contributed by atoms with van der Waals surface area (Å²) in [4.78, 5) is 14.2. The molecule has 50 heavy (non-hydrogen) atoms. The molecule has 10 aromatic rings. The van der Waals surface area contributed by atoms with Crippen LogP contribution in [0.5, 0.6) is 0 Å². The first-order chi connectivity index (χ1) is 24.7. The second-order valence-corrected chi connectivity index (χ2v) is 13.0. The SMILES string of the molecule is O=c1n(-c2ccc(-c3ccc(-c4ccc5ccc6cccc7ccc4c5c67)cc3)cc2)c2ccccc2n1-c1cccc(-c2ccccc2)c1. The third-order valence-corrected chi connectivity index (χ3v) is 10.1. The van der Waals surface area contributed by atoms with Crippen LogP contribution in [0.2, 0.25) is 0 Å². The molecule has 3 nitrogen and oxygen atoms in total. The minimum Gasteiger partial charge on any atom is -0.260 e. The summed E-state index contributed by atoms with van der Waals surface area (Å²) in [5.41, 5.74) is 10.2. The summed E-state index contributed by atoms with van der Waals surface area (Å²) in [7, 11) is 0. The highest BCUT2D eigenvalue weighted by molar-refractivity contribution is 6.25. The van der Waals surface area contributed by atoms with Crippen LogP contribution in [-0.4, -0.2) is 9.13 Å². The Kier molecular flexibility index (Phi) is 6.33. The highest BCUT2D eigenvalue weighted by Crippen LogP contribution is 2.39. The fourth-order valence-corrected chi connectivity index (χ4v) is 7.73. The van der Waals surface area contributed by atoms with Crippen LogP contribution < -0.4 is 5.69 Å². The number of rotatable bonds is 5. The molecule has 1 heterocycles. The molecule has 234 valence electrons. The van der Waals surface area contributed by atoms with Crippen molar-refractivity contribution in [2.24, 2.45) is 0 Å². The second kappa shape index (κ2) is 11.2. The zero-order chi connectivity index (χ0) is 33.2. The highest BCUT2D eigenvalue weighted by atomic mass is 16.1. The van der Waals surface area contributed by atoms with Gasteiger partial charge in [-0.15, -0.1) is 0 Å². The standard InChI is InChI=1S/C47H30N2O/c50-47-48(43-14-4-5-15-44(43)49(47)40-13-7-12-38(30-40)31-8-2-1-3-9-31)39-26-22-33(23-27-39)32-16-18-34(19-17-32)41-28-24-37-21-20-35-10-6-11-36-25-29-42(41)46(37)45(35)36/h1-30H. The Morgan fingerprint density at radius 3 is 1.58 bits per heavy atom. The van der Waals surface area contributed by atoms with E-state index in [2.05, 4.69) is 115 Å². The molecule has 0 radical (unpaired) electrons. The minimum absolute atomic E-state index is 0.0955. The molecule has 10 rings (SSSR count). The van der Waals surface area contributed by atoms with Crippen molar-refractivity contribution >= 4 is 43.4 Å². The summed E-state index contributed by atoms with van der Waals surface area (Å²) >= 11 is 0. The number of nitrogens with zero attached hydrogens (tertiary/aromatic N) is 2. The van der Waals surface area contributed by atoms with Crippen molar-refractivity contribution in [3.05, 3.63) is 192 Å². The zero-order valence-electron chi connectivity index (χ0n) is 27.1. The molecule has 0 saturated heterocycles. The van der Waals surface area contributed by atoms with Crippen molar-refractivity contribution in [2.75, 3.05) is 0 Å². The van der Waals surface area contributed by atoms with Gasteiger partial charge in [0.25, 0.3) is 0 Å². The van der Waals surface area contributed by atoms with Crippen LogP contribution in [-0.2, 0) is 0 Å². The van der Waals surface area contributed by atoms with E-state index in [9.17, 15) is 4.79 Å². The van der Waals surface area contributed by atoms with Gasteiger partial charge in [0.1, 0.15) is 0 Å². The van der Waals surface area contributed by atoms with E-state index < -0.39 is 0 Å². The Bertz CT molecular complexity index is 2900. The van der Waals surface area contributed by atoms with Gasteiger partial charge in [-0.25, -0.2) is 4.79 Å². The summed E-state index contributed by atoms with van der Waals surface area (Å²) in [6.07, 6.45) is 0. The van der Waals surface area contributed by atoms with Crippen molar-refractivity contribution in [2.45, 2.75) is 0 Å². The molecule has 0 aliphatic carbocycles. The quantitative estimate of drug-likeness (QED) is 0.172. The molecule has 0 aliphatic heterocycles. The Morgan fingerprint density at radius 1 is 0.340 bits per heavy atom. The fourth-order valence-electron chi connectivity index (χ4n) is 7.73. The van der Waals surface area contributed by atoms with Crippen LogP contribution in [0.25, 0.3) is 88.1 Å². The van der Waals surface area contributed by atoms with Crippen LogP contribution >= 0.6 is 0 Å². The molecule has 0 fully saturated rings. The molecule has 0 unspecified atom stereocenters. The Hall–Kier alpha value is -6.71. The van der Waals surface area contributed by atoms with Gasteiger partial charge >= 0.3 is 5.69 Å². The van der Waals surface area contributed by atoms with Crippen LogP contribution in [0.15, 0.2) is 187 Å². The topological polar surface area (TPSA) is 26.9 Å². The number of imidazole rings is 1. The first kappa shape index (κ1) is 28.3. The average Bonchev–Trinajstić information content (AvgIpc) is 3.49. The molecule has 0 N–H and O–H groups in total. The van der Waals surface area contributed by atoms with Gasteiger partial charge in [0.05, 0.1) is 22.4 Å². The first-order valence-corrected chi connectivity index (χ1v) is 17.0. The van der Waals surface area contributed by atoms with Crippen LogP contribution in [0.4, 0.5) is 0 Å². The van der Waals surface area contributed by atoms with E-state index in [1.54, 1.807) is 0 Å². The zero-order valence-corrected chi connectivity index (χ0v) is 27.1. The molecule has 0 atom stereocenters. The van der Waals surface area contributed by atoms with E-state index in [1.807, 2.05) is 75.9 Å². The van der Waals surface area contributed by atoms with E-state index >= 15 is 0 Å². The lowest BCUT2D eigenvalue weighted by Crippen LogP contribution is -2.22. The third kappa shape index (κ3) is 4.41. The van der Waals surface area contributed by atoms with E-state index in [4.69, 9.17) is 0 Å². The van der Waals surface area contributed by atoms with Crippen molar-refractivity contribution < 1.29 is 0 Å². The summed E-state index contributed by atoms with van der Waals surface area (Å²) in [5.74, 6) is 0. The number of fused-ring (bicyclic) bond motifs is 1. The van der Waals surface area contributed by atoms with E-state index in [0.717, 1.165) is 44.7 Å². The average molecular weight is 639 g/mol. The van der Waals surface area contributed by atoms with Gasteiger partial charge in [-0.3, -0.25) is 9.13 Å². The normalized spacial score (nSPS) is 11.7. The Labute approximate surface area is 288 Å². The van der Waals surface area contributed by atoms with Gasteiger partial charge in [0.2, 0.25) is 0 Å². The summed E-state index contributed by atoms with van der Waals surface area (Å²) < 4.78 is 3.62. The molecule has 3 heteroatoms. The number of hydrogen-bond acceptors (Lipinski definition) is 1. The first-order valence-electron chi connectivity index (χ1n) is 17.0. The summed E-state index contributed by atoms with van der Waals surface area (Å²) in [6, 6.07) is 63.6. The monoisotopic (exact) mass is 638 g/mol. The predicted octanol–water partition coefficient (Wildman–Crippen LogP) is 11.7. The van der Waals surface area contributed by atoms with Gasteiger partial charge in [-0.05, 0) is 102 Å². The van der Waals surface area contributed by atoms with Crippen molar-refractivity contribution in [1.82, 2.24) is 9.13 Å². The summed E-state index contributed by atoms with van der Waals surface area (Å²) in [5, 5.41) is 7.77. The molecule has 0 spiro atoms. The third-order valence-electron chi connectivity index (χ3n) is 10.1. The summed E-state index contributed by atoms with van der Waals surface area (Å²) in [6.45, 7) is 0. The van der Waals surface area contributed by atoms with Crippen molar-refractivity contribution in [3.8, 4) is 44.8 Å². The van der Waals surface area contributed by atoms with Gasteiger partial charge in [-0.1, -0.05) is 146 Å². The number of benzene rings is 9. The number of hydrogen-bond donors (Lipinski definition) is 0. The lowest BCUT2D eigenvalue weighted by molar-refractivity contribution is 0.931. The molecule has 0 aliphatic rings. The second-order valence-electron chi connectivity index (χ2n) is 13.0. The van der Waals surface area contributed by atoms with Crippen molar-refractivity contribution in [1.29, 1.82) is 0 Å². The minimum atomic E-state index is -0.0955. The highest BCUT2D eigenvalue weighted by Gasteiger charge is 2.17. The number of para-hydroxylation sites is 2. The Morgan fingerprint density at radius 2 is 0.860 bits per heavy atom. The fraction of sp³-hybridized carbons (Fsp3) is 0. The van der Waals surface area contributed by atoms with Gasteiger partial charge < -0.3 is 0 Å². The number of aromatic nitrogens is 2. The Balaban J connectivity index is 1.01. The lowest BCUT2D eigenvalue weighted by atomic mass is 9.89. The van der Waals surface area contributed by atoms with Gasteiger partial charge in [0, 0.05) is 0 Å². The molecule has 1 aromatic heterocycles. The van der Waals surface area contributed by atoms with E-state index in [0.29, 0.717) is 0 Å². The van der Waals surface area contributed by atoms with Crippen LogP contribution in [0.1, 0.15) is 0 Å². The van der Waals surface area contributed by atoms with Crippen LogP contribution in [0, 0.1) is 0 Å². The van der Waals surface area contributed by atoms with Crippen LogP contribution in [0.3, 0.4) is 0 Å². The smallest absolute Gasteiger partial charge is 0.260 e. The predicted molar refractivity (Wildman–Crippen MR) is 209 cm³/mol. The molecule has 9 aromatic carbocycles. The maximum atomic E-state index is 14.2. The van der Waals surface area contributed by atoms with E-state index in [-0.39, 0.29) is 5.69 Å².